The number of esters is 1. The summed E-state index contributed by atoms with van der Waals surface area (Å²) in [6.07, 6.45) is 0.134. The average molecular weight is 413 g/mol. The maximum Gasteiger partial charge on any atom is 0.310 e. The van der Waals surface area contributed by atoms with Gasteiger partial charge in [-0.1, -0.05) is 67.2 Å². The Labute approximate surface area is 181 Å². The second kappa shape index (κ2) is 10.2. The van der Waals surface area contributed by atoms with E-state index in [0.717, 1.165) is 5.56 Å². The summed E-state index contributed by atoms with van der Waals surface area (Å²) in [5.41, 5.74) is 2.74. The van der Waals surface area contributed by atoms with E-state index in [4.69, 9.17) is 4.74 Å². The molecule has 5 nitrogen and oxygen atoms in total. The van der Waals surface area contributed by atoms with Crippen LogP contribution in [0, 0.1) is 0 Å². The SMILES string of the molecule is C=C(COC(=O)Cc1ccccc1)C(=O)N(C)c1ccc(C(=O)c2ccccc2)cc1. The third kappa shape index (κ3) is 5.76. The Morgan fingerprint density at radius 2 is 1.35 bits per heavy atom. The number of carbonyl (C=O) groups excluding carboxylic acids is 3. The molecule has 0 bridgehead atoms. The van der Waals surface area contributed by atoms with Crippen molar-refractivity contribution in [3.05, 3.63) is 114 Å². The molecule has 3 rings (SSSR count). The van der Waals surface area contributed by atoms with Gasteiger partial charge >= 0.3 is 5.97 Å². The van der Waals surface area contributed by atoms with Gasteiger partial charge in [0.15, 0.2) is 5.78 Å². The van der Waals surface area contributed by atoms with Gasteiger partial charge in [-0.25, -0.2) is 0 Å². The maximum absolute atomic E-state index is 12.6. The summed E-state index contributed by atoms with van der Waals surface area (Å²) < 4.78 is 5.18. The van der Waals surface area contributed by atoms with Crippen molar-refractivity contribution in [1.82, 2.24) is 0 Å². The zero-order chi connectivity index (χ0) is 22.2. The Hall–Kier alpha value is -3.99. The van der Waals surface area contributed by atoms with E-state index in [-0.39, 0.29) is 30.3 Å². The van der Waals surface area contributed by atoms with Crippen molar-refractivity contribution in [2.45, 2.75) is 6.42 Å². The first-order valence-electron chi connectivity index (χ1n) is 9.81. The second-order valence-electron chi connectivity index (χ2n) is 7.03. The molecule has 0 saturated carbocycles. The van der Waals surface area contributed by atoms with Crippen LogP contribution in [0.3, 0.4) is 0 Å². The maximum atomic E-state index is 12.6. The van der Waals surface area contributed by atoms with Crippen molar-refractivity contribution < 1.29 is 19.1 Å². The predicted molar refractivity (Wildman–Crippen MR) is 120 cm³/mol. The molecule has 0 aliphatic carbocycles. The monoisotopic (exact) mass is 413 g/mol. The van der Waals surface area contributed by atoms with Crippen molar-refractivity contribution in [3.8, 4) is 0 Å². The molecule has 156 valence electrons. The lowest BCUT2D eigenvalue weighted by atomic mass is 10.0. The van der Waals surface area contributed by atoms with Gasteiger partial charge in [0.2, 0.25) is 0 Å². The fourth-order valence-electron chi connectivity index (χ4n) is 2.99. The third-order valence-electron chi connectivity index (χ3n) is 4.76. The van der Waals surface area contributed by atoms with Gasteiger partial charge in [0.25, 0.3) is 5.91 Å². The second-order valence-corrected chi connectivity index (χ2v) is 7.03. The van der Waals surface area contributed by atoms with Crippen LogP contribution in [0.4, 0.5) is 5.69 Å². The average Bonchev–Trinajstić information content (AvgIpc) is 2.82. The lowest BCUT2D eigenvalue weighted by Crippen LogP contribution is -2.29. The lowest BCUT2D eigenvalue weighted by Gasteiger charge is -2.19. The van der Waals surface area contributed by atoms with E-state index in [9.17, 15) is 14.4 Å². The number of ether oxygens (including phenoxy) is 1. The first-order chi connectivity index (χ1) is 15.0. The molecular formula is C26H23NO4. The highest BCUT2D eigenvalue weighted by Crippen LogP contribution is 2.18. The molecule has 31 heavy (non-hydrogen) atoms. The lowest BCUT2D eigenvalue weighted by molar-refractivity contribution is -0.142. The third-order valence-corrected chi connectivity index (χ3v) is 4.76. The normalized spacial score (nSPS) is 10.2. The first-order valence-corrected chi connectivity index (χ1v) is 9.81. The molecule has 0 saturated heterocycles. The van der Waals surface area contributed by atoms with Crippen LogP contribution in [-0.2, 0) is 20.7 Å². The molecule has 0 radical (unpaired) electrons. The first kappa shape index (κ1) is 21.7. The van der Waals surface area contributed by atoms with E-state index in [0.29, 0.717) is 16.8 Å². The molecule has 3 aromatic rings. The summed E-state index contributed by atoms with van der Waals surface area (Å²) in [6.45, 7) is 3.56. The number of anilines is 1. The van der Waals surface area contributed by atoms with Crippen molar-refractivity contribution in [1.29, 1.82) is 0 Å². The minimum absolute atomic E-state index is 0.0872. The van der Waals surface area contributed by atoms with Crippen molar-refractivity contribution in [2.24, 2.45) is 0 Å². The number of benzene rings is 3. The molecule has 0 atom stereocenters. The van der Waals surface area contributed by atoms with Crippen LogP contribution in [0.2, 0.25) is 0 Å². The van der Waals surface area contributed by atoms with E-state index in [1.807, 2.05) is 48.5 Å². The molecule has 0 N–H and O–H groups in total. The summed E-state index contributed by atoms with van der Waals surface area (Å²) >= 11 is 0. The van der Waals surface area contributed by atoms with Crippen LogP contribution in [0.25, 0.3) is 0 Å². The fraction of sp³-hybridized carbons (Fsp3) is 0.115. The molecule has 0 fully saturated rings. The van der Waals surface area contributed by atoms with Crippen LogP contribution in [0.5, 0.6) is 0 Å². The van der Waals surface area contributed by atoms with Gasteiger partial charge in [-0.3, -0.25) is 14.4 Å². The van der Waals surface area contributed by atoms with Crippen LogP contribution in [0.15, 0.2) is 97.1 Å². The highest BCUT2D eigenvalue weighted by atomic mass is 16.5. The fourth-order valence-corrected chi connectivity index (χ4v) is 2.99. The summed E-state index contributed by atoms with van der Waals surface area (Å²) in [7, 11) is 1.60. The van der Waals surface area contributed by atoms with E-state index >= 15 is 0 Å². The number of carbonyl (C=O) groups is 3. The molecule has 0 spiro atoms. The van der Waals surface area contributed by atoms with Gasteiger partial charge in [-0.2, -0.15) is 0 Å². The highest BCUT2D eigenvalue weighted by Gasteiger charge is 2.17. The quantitative estimate of drug-likeness (QED) is 0.315. The van der Waals surface area contributed by atoms with Crippen LogP contribution in [-0.4, -0.2) is 31.3 Å². The van der Waals surface area contributed by atoms with Crippen molar-refractivity contribution in [3.63, 3.8) is 0 Å². The minimum atomic E-state index is -0.424. The van der Waals surface area contributed by atoms with Gasteiger partial charge in [0, 0.05) is 29.4 Å². The Balaban J connectivity index is 1.55. The number of ketones is 1. The zero-order valence-electron chi connectivity index (χ0n) is 17.3. The zero-order valence-corrected chi connectivity index (χ0v) is 17.3. The Bertz CT molecular complexity index is 1070. The largest absolute Gasteiger partial charge is 0.460 e. The molecule has 0 unspecified atom stereocenters. The minimum Gasteiger partial charge on any atom is -0.460 e. The molecule has 5 heteroatoms. The van der Waals surface area contributed by atoms with Crippen molar-refractivity contribution >= 4 is 23.3 Å². The van der Waals surface area contributed by atoms with Gasteiger partial charge < -0.3 is 9.64 Å². The number of nitrogens with zero attached hydrogens (tertiary/aromatic N) is 1. The van der Waals surface area contributed by atoms with Crippen LogP contribution >= 0.6 is 0 Å². The van der Waals surface area contributed by atoms with Gasteiger partial charge in [-0.15, -0.1) is 0 Å². The number of hydrogen-bond donors (Lipinski definition) is 0. The van der Waals surface area contributed by atoms with Gasteiger partial charge in [0.05, 0.1) is 6.42 Å². The predicted octanol–water partition coefficient (Wildman–Crippen LogP) is 4.22. The molecule has 0 aliphatic heterocycles. The summed E-state index contributed by atoms with van der Waals surface area (Å²) in [5.74, 6) is -0.878. The Morgan fingerprint density at radius 3 is 1.97 bits per heavy atom. The summed E-state index contributed by atoms with van der Waals surface area (Å²) in [5, 5.41) is 0. The van der Waals surface area contributed by atoms with Crippen LogP contribution < -0.4 is 4.90 Å². The van der Waals surface area contributed by atoms with E-state index in [1.54, 1.807) is 43.4 Å². The van der Waals surface area contributed by atoms with Gasteiger partial charge in [-0.05, 0) is 29.8 Å². The molecule has 0 aliphatic rings. The molecule has 3 aromatic carbocycles. The number of rotatable bonds is 8. The van der Waals surface area contributed by atoms with Crippen molar-refractivity contribution in [2.75, 3.05) is 18.6 Å². The van der Waals surface area contributed by atoms with E-state index < -0.39 is 5.97 Å². The topological polar surface area (TPSA) is 63.7 Å². The smallest absolute Gasteiger partial charge is 0.310 e. The Kier molecular flexibility index (Phi) is 7.12. The molecular weight excluding hydrogens is 390 g/mol. The number of amides is 1. The Morgan fingerprint density at radius 1 is 0.806 bits per heavy atom. The molecule has 0 aromatic heterocycles. The highest BCUT2D eigenvalue weighted by molar-refractivity contribution is 6.09. The standard InChI is InChI=1S/C26H23NO4/c1-19(18-31-24(28)17-20-9-5-3-6-10-20)26(30)27(2)23-15-13-22(14-16-23)25(29)21-11-7-4-8-12-21/h3-16H,1,17-18H2,2H3. The van der Waals surface area contributed by atoms with E-state index in [1.165, 1.54) is 4.90 Å². The summed E-state index contributed by atoms with van der Waals surface area (Å²) in [4.78, 5) is 38.5. The molecule has 0 heterocycles. The van der Waals surface area contributed by atoms with Gasteiger partial charge in [0.1, 0.15) is 6.61 Å². The summed E-state index contributed by atoms with van der Waals surface area (Å²) in [6, 6.07) is 25.0. The number of hydrogen-bond acceptors (Lipinski definition) is 4. The number of likely N-dealkylation sites (N-methyl/N-ethyl adjacent to an activating group) is 1. The van der Waals surface area contributed by atoms with Crippen LogP contribution in [0.1, 0.15) is 21.5 Å². The van der Waals surface area contributed by atoms with E-state index in [2.05, 4.69) is 6.58 Å². The molecule has 1 amide bonds.